The summed E-state index contributed by atoms with van der Waals surface area (Å²) in [6.45, 7) is 7.68. The number of rotatable bonds is 3. The Balaban J connectivity index is 2.66. The molecule has 0 bridgehead atoms. The first kappa shape index (κ1) is 12.2. The van der Waals surface area contributed by atoms with Gasteiger partial charge in [0.05, 0.1) is 5.52 Å². The van der Waals surface area contributed by atoms with Crippen molar-refractivity contribution in [3.8, 4) is 0 Å². The van der Waals surface area contributed by atoms with Gasteiger partial charge in [-0.1, -0.05) is 18.2 Å². The molecule has 0 saturated carbocycles. The van der Waals surface area contributed by atoms with Crippen LogP contribution in [0.15, 0.2) is 24.4 Å². The average molecular weight is 230 g/mol. The van der Waals surface area contributed by atoms with Crippen LogP contribution in [0.2, 0.25) is 0 Å². The monoisotopic (exact) mass is 230 g/mol. The molecule has 0 unspecified atom stereocenters. The van der Waals surface area contributed by atoms with Gasteiger partial charge in [0.15, 0.2) is 0 Å². The molecule has 0 fully saturated rings. The Bertz CT molecular complexity index is 521. The van der Waals surface area contributed by atoms with E-state index in [0.29, 0.717) is 6.04 Å². The second kappa shape index (κ2) is 4.53. The molecule has 0 aliphatic rings. The van der Waals surface area contributed by atoms with Crippen LogP contribution in [0, 0.1) is 6.92 Å². The van der Waals surface area contributed by atoms with Gasteiger partial charge in [-0.15, -0.1) is 0 Å². The molecule has 1 aromatic carbocycles. The largest absolute Gasteiger partial charge is 0.344 e. The van der Waals surface area contributed by atoms with Gasteiger partial charge >= 0.3 is 0 Å². The second-order valence-corrected chi connectivity index (χ2v) is 5.36. The number of para-hydroxylation sites is 1. The third-order valence-corrected chi connectivity index (χ3v) is 3.18. The second-order valence-electron chi connectivity index (χ2n) is 5.36. The molecule has 1 aromatic heterocycles. The third kappa shape index (κ3) is 2.22. The smallest absolute Gasteiger partial charge is 0.0515 e. The lowest BCUT2D eigenvalue weighted by Gasteiger charge is -2.10. The van der Waals surface area contributed by atoms with Crippen LogP contribution in [0.1, 0.15) is 31.0 Å². The van der Waals surface area contributed by atoms with Crippen LogP contribution in [0.4, 0.5) is 0 Å². The molecular formula is C15H22N2. The summed E-state index contributed by atoms with van der Waals surface area (Å²) < 4.78 is 2.39. The van der Waals surface area contributed by atoms with Crippen LogP contribution in [-0.4, -0.2) is 23.6 Å². The Morgan fingerprint density at radius 3 is 2.53 bits per heavy atom. The topological polar surface area (TPSA) is 8.17 Å². The van der Waals surface area contributed by atoms with Crippen molar-refractivity contribution in [2.75, 3.05) is 14.1 Å². The maximum Gasteiger partial charge on any atom is 0.0515 e. The zero-order valence-electron chi connectivity index (χ0n) is 11.5. The molecule has 0 radical (unpaired) electrons. The number of benzene rings is 1. The predicted molar refractivity (Wildman–Crippen MR) is 74.5 cm³/mol. The molecule has 2 heteroatoms. The number of aryl methyl sites for hydroxylation is 1. The maximum atomic E-state index is 2.39. The zero-order chi connectivity index (χ0) is 12.6. The van der Waals surface area contributed by atoms with E-state index in [1.807, 2.05) is 0 Å². The van der Waals surface area contributed by atoms with Crippen LogP contribution in [0.25, 0.3) is 10.9 Å². The van der Waals surface area contributed by atoms with Crippen molar-refractivity contribution in [3.63, 3.8) is 0 Å². The van der Waals surface area contributed by atoms with Gasteiger partial charge in [0.2, 0.25) is 0 Å². The van der Waals surface area contributed by atoms with Crippen molar-refractivity contribution < 1.29 is 0 Å². The van der Waals surface area contributed by atoms with E-state index in [4.69, 9.17) is 0 Å². The van der Waals surface area contributed by atoms with Crippen molar-refractivity contribution in [1.82, 2.24) is 9.47 Å². The quantitative estimate of drug-likeness (QED) is 0.782. The Morgan fingerprint density at radius 2 is 1.94 bits per heavy atom. The number of hydrogen-bond acceptors (Lipinski definition) is 1. The molecule has 0 aliphatic carbocycles. The average Bonchev–Trinajstić information content (AvgIpc) is 2.58. The first-order valence-corrected chi connectivity index (χ1v) is 6.24. The van der Waals surface area contributed by atoms with E-state index in [1.165, 1.54) is 22.0 Å². The normalized spacial score (nSPS) is 11.9. The summed E-state index contributed by atoms with van der Waals surface area (Å²) in [6, 6.07) is 7.09. The number of hydrogen-bond donors (Lipinski definition) is 0. The summed E-state index contributed by atoms with van der Waals surface area (Å²) in [5, 5.41) is 1.40. The first-order valence-electron chi connectivity index (χ1n) is 6.24. The molecule has 2 rings (SSSR count). The van der Waals surface area contributed by atoms with E-state index in [-0.39, 0.29) is 0 Å². The molecule has 0 saturated heterocycles. The minimum Gasteiger partial charge on any atom is -0.344 e. The van der Waals surface area contributed by atoms with Crippen LogP contribution >= 0.6 is 0 Å². The fraction of sp³-hybridized carbons (Fsp3) is 0.467. The lowest BCUT2D eigenvalue weighted by atomic mass is 10.1. The van der Waals surface area contributed by atoms with Crippen LogP contribution in [0.5, 0.6) is 0 Å². The van der Waals surface area contributed by atoms with Crippen molar-refractivity contribution >= 4 is 10.9 Å². The summed E-state index contributed by atoms with van der Waals surface area (Å²) in [7, 11) is 4.24. The highest BCUT2D eigenvalue weighted by molar-refractivity contribution is 5.86. The fourth-order valence-electron chi connectivity index (χ4n) is 2.44. The molecule has 0 atom stereocenters. The Kier molecular flexibility index (Phi) is 3.25. The Labute approximate surface area is 104 Å². The predicted octanol–water partition coefficient (Wildman–Crippen LogP) is 3.59. The van der Waals surface area contributed by atoms with Crippen molar-refractivity contribution in [1.29, 1.82) is 0 Å². The summed E-state index contributed by atoms with van der Waals surface area (Å²) in [5.41, 5.74) is 4.17. The Hall–Kier alpha value is -1.28. The lowest BCUT2D eigenvalue weighted by Crippen LogP contribution is -2.10. The van der Waals surface area contributed by atoms with Gasteiger partial charge in [-0.3, -0.25) is 0 Å². The van der Waals surface area contributed by atoms with Gasteiger partial charge in [-0.2, -0.15) is 0 Å². The molecule has 2 aromatic rings. The van der Waals surface area contributed by atoms with Gasteiger partial charge < -0.3 is 9.47 Å². The number of nitrogens with zero attached hydrogens (tertiary/aromatic N) is 2. The van der Waals surface area contributed by atoms with E-state index in [1.54, 1.807) is 0 Å². The molecule has 1 heterocycles. The first-order chi connectivity index (χ1) is 8.00. The maximum absolute atomic E-state index is 2.39. The standard InChI is InChI=1S/C15H22N2/c1-11(2)17-10-13(9-16(4)5)14-8-6-7-12(3)15(14)17/h6-8,10-11H,9H2,1-5H3. The summed E-state index contributed by atoms with van der Waals surface area (Å²) in [6.07, 6.45) is 2.31. The fourth-order valence-corrected chi connectivity index (χ4v) is 2.44. The molecular weight excluding hydrogens is 208 g/mol. The highest BCUT2D eigenvalue weighted by Crippen LogP contribution is 2.27. The highest BCUT2D eigenvalue weighted by Gasteiger charge is 2.12. The summed E-state index contributed by atoms with van der Waals surface area (Å²) in [4.78, 5) is 2.22. The van der Waals surface area contributed by atoms with E-state index < -0.39 is 0 Å². The van der Waals surface area contributed by atoms with Crippen molar-refractivity contribution in [3.05, 3.63) is 35.5 Å². The number of fused-ring (bicyclic) bond motifs is 1. The van der Waals surface area contributed by atoms with Gasteiger partial charge in [0.1, 0.15) is 0 Å². The molecule has 2 nitrogen and oxygen atoms in total. The molecule has 0 N–H and O–H groups in total. The van der Waals surface area contributed by atoms with E-state index in [0.717, 1.165) is 6.54 Å². The minimum absolute atomic E-state index is 0.509. The summed E-state index contributed by atoms with van der Waals surface area (Å²) in [5.74, 6) is 0. The molecule has 17 heavy (non-hydrogen) atoms. The summed E-state index contributed by atoms with van der Waals surface area (Å²) >= 11 is 0. The third-order valence-electron chi connectivity index (χ3n) is 3.18. The van der Waals surface area contributed by atoms with Gasteiger partial charge in [-0.05, 0) is 46.0 Å². The molecule has 0 aliphatic heterocycles. The lowest BCUT2D eigenvalue weighted by molar-refractivity contribution is 0.403. The van der Waals surface area contributed by atoms with E-state index in [9.17, 15) is 0 Å². The van der Waals surface area contributed by atoms with Gasteiger partial charge in [-0.25, -0.2) is 0 Å². The molecule has 92 valence electrons. The number of aromatic nitrogens is 1. The highest BCUT2D eigenvalue weighted by atomic mass is 15.1. The Morgan fingerprint density at radius 1 is 1.24 bits per heavy atom. The van der Waals surface area contributed by atoms with Crippen molar-refractivity contribution in [2.24, 2.45) is 0 Å². The SMILES string of the molecule is Cc1cccc2c(CN(C)C)cn(C(C)C)c12. The molecule has 0 amide bonds. The van der Waals surface area contributed by atoms with E-state index in [2.05, 4.69) is 68.7 Å². The molecule has 0 spiro atoms. The van der Waals surface area contributed by atoms with Crippen LogP contribution in [0.3, 0.4) is 0 Å². The zero-order valence-corrected chi connectivity index (χ0v) is 11.5. The van der Waals surface area contributed by atoms with Crippen LogP contribution in [-0.2, 0) is 6.54 Å². The van der Waals surface area contributed by atoms with E-state index >= 15 is 0 Å². The minimum atomic E-state index is 0.509. The van der Waals surface area contributed by atoms with Crippen LogP contribution < -0.4 is 0 Å². The van der Waals surface area contributed by atoms with Gasteiger partial charge in [0, 0.05) is 24.2 Å². The van der Waals surface area contributed by atoms with Crippen molar-refractivity contribution in [2.45, 2.75) is 33.4 Å². The van der Waals surface area contributed by atoms with Gasteiger partial charge in [0.25, 0.3) is 0 Å².